The SMILES string of the molecule is O=C(CSCC1Cc2ccccc2S1)NC1CC1. The van der Waals surface area contributed by atoms with Crippen LogP contribution < -0.4 is 5.32 Å². The van der Waals surface area contributed by atoms with E-state index in [-0.39, 0.29) is 5.91 Å². The molecular weight excluding hydrogens is 262 g/mol. The van der Waals surface area contributed by atoms with Gasteiger partial charge in [-0.3, -0.25) is 4.79 Å². The average Bonchev–Trinajstić information content (AvgIpc) is 3.07. The lowest BCUT2D eigenvalue weighted by Gasteiger charge is -2.07. The maximum absolute atomic E-state index is 11.5. The van der Waals surface area contributed by atoms with Crippen molar-refractivity contribution in [1.82, 2.24) is 5.32 Å². The first kappa shape index (κ1) is 12.4. The first-order valence-corrected chi connectivity index (χ1v) is 8.46. The van der Waals surface area contributed by atoms with Crippen LogP contribution >= 0.6 is 23.5 Å². The highest BCUT2D eigenvalue weighted by Gasteiger charge is 2.24. The number of hydrogen-bond acceptors (Lipinski definition) is 3. The lowest BCUT2D eigenvalue weighted by atomic mass is 10.1. The van der Waals surface area contributed by atoms with Gasteiger partial charge in [0.05, 0.1) is 5.75 Å². The topological polar surface area (TPSA) is 29.1 Å². The zero-order valence-corrected chi connectivity index (χ0v) is 11.9. The number of carbonyl (C=O) groups is 1. The molecule has 1 saturated carbocycles. The van der Waals surface area contributed by atoms with E-state index in [2.05, 4.69) is 29.6 Å². The van der Waals surface area contributed by atoms with Crippen molar-refractivity contribution in [1.29, 1.82) is 0 Å². The number of thioether (sulfide) groups is 2. The van der Waals surface area contributed by atoms with Gasteiger partial charge in [-0.2, -0.15) is 11.8 Å². The van der Waals surface area contributed by atoms with Gasteiger partial charge in [-0.1, -0.05) is 18.2 Å². The molecule has 18 heavy (non-hydrogen) atoms. The van der Waals surface area contributed by atoms with Crippen LogP contribution in [0.4, 0.5) is 0 Å². The Bertz CT molecular complexity index is 420. The molecule has 1 fully saturated rings. The van der Waals surface area contributed by atoms with E-state index in [9.17, 15) is 4.79 Å². The van der Waals surface area contributed by atoms with Crippen LogP contribution in [0.3, 0.4) is 0 Å². The molecule has 1 atom stereocenters. The summed E-state index contributed by atoms with van der Waals surface area (Å²) in [5.41, 5.74) is 1.47. The van der Waals surface area contributed by atoms with Crippen molar-refractivity contribution in [2.45, 2.75) is 35.4 Å². The van der Waals surface area contributed by atoms with Crippen LogP contribution in [0.5, 0.6) is 0 Å². The number of hydrogen-bond donors (Lipinski definition) is 1. The molecule has 1 N–H and O–H groups in total. The molecule has 1 aromatic carbocycles. The Hall–Kier alpha value is -0.610. The quantitative estimate of drug-likeness (QED) is 0.898. The van der Waals surface area contributed by atoms with Gasteiger partial charge in [-0.15, -0.1) is 11.8 Å². The summed E-state index contributed by atoms with van der Waals surface area (Å²) in [6.45, 7) is 0. The second kappa shape index (κ2) is 5.57. The van der Waals surface area contributed by atoms with Crippen molar-refractivity contribution >= 4 is 29.4 Å². The fraction of sp³-hybridized carbons (Fsp3) is 0.500. The number of fused-ring (bicyclic) bond motifs is 1. The maximum atomic E-state index is 11.5. The van der Waals surface area contributed by atoms with E-state index in [1.165, 1.54) is 23.3 Å². The van der Waals surface area contributed by atoms with Crippen molar-refractivity contribution in [2.75, 3.05) is 11.5 Å². The second-order valence-electron chi connectivity index (χ2n) is 4.91. The van der Waals surface area contributed by atoms with Gasteiger partial charge in [0.1, 0.15) is 0 Å². The third kappa shape index (κ3) is 3.23. The molecular formula is C14H17NOS2. The standard InChI is InChI=1S/C14H17NOS2/c16-14(15-11-5-6-11)9-17-8-12-7-10-3-1-2-4-13(10)18-12/h1-4,11-12H,5-9H2,(H,15,16). The Balaban J connectivity index is 1.39. The Morgan fingerprint density at radius 2 is 2.22 bits per heavy atom. The Kier molecular flexibility index (Phi) is 3.85. The van der Waals surface area contributed by atoms with Gasteiger partial charge in [-0.05, 0) is 30.9 Å². The molecule has 3 rings (SSSR count). The molecule has 0 saturated heterocycles. The molecule has 2 aliphatic rings. The lowest BCUT2D eigenvalue weighted by molar-refractivity contribution is -0.118. The Labute approximate surface area is 116 Å². The maximum Gasteiger partial charge on any atom is 0.230 e. The van der Waals surface area contributed by atoms with Gasteiger partial charge < -0.3 is 5.32 Å². The summed E-state index contributed by atoms with van der Waals surface area (Å²) >= 11 is 3.73. The fourth-order valence-electron chi connectivity index (χ4n) is 2.13. The minimum atomic E-state index is 0.211. The van der Waals surface area contributed by atoms with Gasteiger partial charge in [0.25, 0.3) is 0 Å². The highest BCUT2D eigenvalue weighted by molar-refractivity contribution is 8.03. The van der Waals surface area contributed by atoms with E-state index < -0.39 is 0 Å². The van der Waals surface area contributed by atoms with Crippen molar-refractivity contribution in [2.24, 2.45) is 0 Å². The van der Waals surface area contributed by atoms with Crippen LogP contribution in [0.15, 0.2) is 29.2 Å². The molecule has 1 unspecified atom stereocenters. The van der Waals surface area contributed by atoms with Crippen LogP contribution in [-0.4, -0.2) is 28.7 Å². The number of amides is 1. The molecule has 0 spiro atoms. The molecule has 96 valence electrons. The number of carbonyl (C=O) groups excluding carboxylic acids is 1. The van der Waals surface area contributed by atoms with E-state index in [1.54, 1.807) is 11.8 Å². The molecule has 1 aliphatic carbocycles. The van der Waals surface area contributed by atoms with Crippen molar-refractivity contribution in [3.63, 3.8) is 0 Å². The number of nitrogens with one attached hydrogen (secondary N) is 1. The minimum Gasteiger partial charge on any atom is -0.353 e. The monoisotopic (exact) mass is 279 g/mol. The van der Waals surface area contributed by atoms with Gasteiger partial charge in [0.2, 0.25) is 5.91 Å². The molecule has 4 heteroatoms. The highest BCUT2D eigenvalue weighted by Crippen LogP contribution is 2.38. The fourth-order valence-corrected chi connectivity index (χ4v) is 4.54. The van der Waals surface area contributed by atoms with Crippen LogP contribution in [0.1, 0.15) is 18.4 Å². The first-order valence-electron chi connectivity index (χ1n) is 6.43. The average molecular weight is 279 g/mol. The van der Waals surface area contributed by atoms with E-state index in [0.29, 0.717) is 17.0 Å². The van der Waals surface area contributed by atoms with E-state index in [4.69, 9.17) is 0 Å². The van der Waals surface area contributed by atoms with E-state index in [1.807, 2.05) is 11.8 Å². The molecule has 0 aromatic heterocycles. The second-order valence-corrected chi connectivity index (χ2v) is 7.28. The molecule has 0 radical (unpaired) electrons. The van der Waals surface area contributed by atoms with Gasteiger partial charge in [0, 0.05) is 21.9 Å². The zero-order chi connectivity index (χ0) is 12.4. The third-order valence-corrected chi connectivity index (χ3v) is 5.83. The van der Waals surface area contributed by atoms with Crippen LogP contribution in [0.25, 0.3) is 0 Å². The predicted molar refractivity (Wildman–Crippen MR) is 78.3 cm³/mol. The molecule has 1 aromatic rings. The molecule has 1 heterocycles. The summed E-state index contributed by atoms with van der Waals surface area (Å²) in [5, 5.41) is 3.67. The van der Waals surface area contributed by atoms with Crippen LogP contribution in [0, 0.1) is 0 Å². The third-order valence-electron chi connectivity index (χ3n) is 3.19. The Morgan fingerprint density at radius 1 is 1.39 bits per heavy atom. The minimum absolute atomic E-state index is 0.211. The van der Waals surface area contributed by atoms with Gasteiger partial charge in [-0.25, -0.2) is 0 Å². The Morgan fingerprint density at radius 3 is 3.00 bits per heavy atom. The molecule has 2 nitrogen and oxygen atoms in total. The smallest absolute Gasteiger partial charge is 0.230 e. The van der Waals surface area contributed by atoms with Crippen LogP contribution in [0.2, 0.25) is 0 Å². The van der Waals surface area contributed by atoms with Crippen molar-refractivity contribution < 1.29 is 4.79 Å². The van der Waals surface area contributed by atoms with Crippen molar-refractivity contribution in [3.05, 3.63) is 29.8 Å². The zero-order valence-electron chi connectivity index (χ0n) is 10.2. The lowest BCUT2D eigenvalue weighted by Crippen LogP contribution is -2.27. The summed E-state index contributed by atoms with van der Waals surface area (Å²) in [7, 11) is 0. The summed E-state index contributed by atoms with van der Waals surface area (Å²) in [6.07, 6.45) is 3.49. The van der Waals surface area contributed by atoms with E-state index in [0.717, 1.165) is 12.2 Å². The van der Waals surface area contributed by atoms with E-state index >= 15 is 0 Å². The van der Waals surface area contributed by atoms with Crippen LogP contribution in [-0.2, 0) is 11.2 Å². The highest BCUT2D eigenvalue weighted by atomic mass is 32.2. The first-order chi connectivity index (χ1) is 8.81. The van der Waals surface area contributed by atoms with Crippen molar-refractivity contribution in [3.8, 4) is 0 Å². The predicted octanol–water partition coefficient (Wildman–Crippen LogP) is 2.72. The summed E-state index contributed by atoms with van der Waals surface area (Å²) in [5.74, 6) is 1.89. The van der Waals surface area contributed by atoms with Gasteiger partial charge in [0.15, 0.2) is 0 Å². The summed E-state index contributed by atoms with van der Waals surface area (Å²) in [4.78, 5) is 13.0. The summed E-state index contributed by atoms with van der Waals surface area (Å²) < 4.78 is 0. The summed E-state index contributed by atoms with van der Waals surface area (Å²) in [6, 6.07) is 9.11. The molecule has 0 bridgehead atoms. The molecule has 1 amide bonds. The number of rotatable bonds is 5. The molecule has 1 aliphatic heterocycles. The largest absolute Gasteiger partial charge is 0.353 e. The van der Waals surface area contributed by atoms with Gasteiger partial charge >= 0.3 is 0 Å². The normalized spacial score (nSPS) is 21.7. The number of benzene rings is 1.